The molecule has 10 heteroatoms. The number of anilines is 1. The number of hydrazine groups is 1. The summed E-state index contributed by atoms with van der Waals surface area (Å²) >= 11 is 5.93. The molecule has 0 fully saturated rings. The second-order valence-corrected chi connectivity index (χ2v) is 4.55. The summed E-state index contributed by atoms with van der Waals surface area (Å²) < 4.78 is 4.46. The number of H-pyrrole nitrogens is 1. The molecule has 1 aromatic heterocycles. The van der Waals surface area contributed by atoms with Gasteiger partial charge in [-0.2, -0.15) is 5.10 Å². The van der Waals surface area contributed by atoms with E-state index in [2.05, 4.69) is 36.0 Å². The van der Waals surface area contributed by atoms with Crippen molar-refractivity contribution in [2.24, 2.45) is 5.10 Å². The van der Waals surface area contributed by atoms with Gasteiger partial charge in [-0.25, -0.2) is 15.8 Å². The van der Waals surface area contributed by atoms with Crippen molar-refractivity contribution < 1.29 is 9.32 Å². The minimum Gasteiger partial charge on any atom is -0.320 e. The smallest absolute Gasteiger partial charge is 0.320 e. The average Bonchev–Trinajstić information content (AvgIpc) is 3.10. The van der Waals surface area contributed by atoms with Crippen LogP contribution in [0.1, 0.15) is 0 Å². The zero-order chi connectivity index (χ0) is 14.8. The van der Waals surface area contributed by atoms with Crippen LogP contribution in [-0.4, -0.2) is 28.3 Å². The van der Waals surface area contributed by atoms with Gasteiger partial charge in [-0.1, -0.05) is 16.8 Å². The molecule has 1 aromatic carbocycles. The molecule has 0 saturated carbocycles. The van der Waals surface area contributed by atoms with Crippen LogP contribution in [0.4, 0.5) is 5.69 Å². The van der Waals surface area contributed by atoms with Gasteiger partial charge in [0.2, 0.25) is 0 Å². The first kappa shape index (κ1) is 13.3. The number of carbonyl (C=O) groups excluding carboxylic acids is 1. The Hall–Kier alpha value is -2.65. The van der Waals surface area contributed by atoms with Crippen LogP contribution >= 0.6 is 11.6 Å². The van der Waals surface area contributed by atoms with E-state index in [9.17, 15) is 9.59 Å². The maximum Gasteiger partial charge on any atom is 0.439 e. The Balaban J connectivity index is 1.95. The second-order valence-electron chi connectivity index (χ2n) is 4.11. The van der Waals surface area contributed by atoms with E-state index in [0.29, 0.717) is 22.8 Å². The molecule has 0 radical (unpaired) electrons. The monoisotopic (exact) mass is 308 g/mol. The number of hydrogen-bond acceptors (Lipinski definition) is 7. The molecule has 0 atom stereocenters. The lowest BCUT2D eigenvalue weighted by atomic mass is 10.1. The van der Waals surface area contributed by atoms with Crippen molar-refractivity contribution in [2.75, 3.05) is 11.9 Å². The number of halogens is 1. The summed E-state index contributed by atoms with van der Waals surface area (Å²) in [6.07, 6.45) is 0. The fraction of sp³-hybridized carbons (Fsp3) is 0.0909. The Bertz CT molecular complexity index is 780. The third kappa shape index (κ3) is 2.78. The zero-order valence-corrected chi connectivity index (χ0v) is 11.2. The van der Waals surface area contributed by atoms with Crippen molar-refractivity contribution in [2.45, 2.75) is 0 Å². The Morgan fingerprint density at radius 1 is 1.43 bits per heavy atom. The van der Waals surface area contributed by atoms with E-state index in [1.54, 1.807) is 12.1 Å². The Labute approximate surface area is 122 Å². The number of carbonyl (C=O) groups is 1. The second kappa shape index (κ2) is 5.38. The van der Waals surface area contributed by atoms with E-state index < -0.39 is 11.7 Å². The number of aromatic amines is 1. The van der Waals surface area contributed by atoms with E-state index in [-0.39, 0.29) is 11.5 Å². The van der Waals surface area contributed by atoms with Gasteiger partial charge in [0.1, 0.15) is 5.71 Å². The molecule has 1 aliphatic heterocycles. The maximum atomic E-state index is 12.0. The van der Waals surface area contributed by atoms with Crippen LogP contribution in [-0.2, 0) is 4.79 Å². The number of hydrazone groups is 1. The Morgan fingerprint density at radius 2 is 2.29 bits per heavy atom. The molecule has 21 heavy (non-hydrogen) atoms. The molecule has 108 valence electrons. The van der Waals surface area contributed by atoms with Crippen LogP contribution in [0, 0.1) is 0 Å². The highest BCUT2D eigenvalue weighted by Gasteiger charge is 2.18. The van der Waals surface area contributed by atoms with Gasteiger partial charge in [-0.3, -0.25) is 14.3 Å². The van der Waals surface area contributed by atoms with Crippen LogP contribution < -0.4 is 22.0 Å². The first-order valence-corrected chi connectivity index (χ1v) is 6.23. The summed E-state index contributed by atoms with van der Waals surface area (Å²) in [6, 6.07) is 4.76. The van der Waals surface area contributed by atoms with Crippen molar-refractivity contribution in [1.29, 1.82) is 0 Å². The summed E-state index contributed by atoms with van der Waals surface area (Å²) in [5.74, 6) is -0.899. The Morgan fingerprint density at radius 3 is 2.95 bits per heavy atom. The van der Waals surface area contributed by atoms with Gasteiger partial charge in [0.15, 0.2) is 5.82 Å². The summed E-state index contributed by atoms with van der Waals surface area (Å²) in [7, 11) is 0. The summed E-state index contributed by atoms with van der Waals surface area (Å²) in [5, 5.41) is 10.5. The lowest BCUT2D eigenvalue weighted by Crippen LogP contribution is -2.28. The molecule has 9 nitrogen and oxygen atoms in total. The minimum atomic E-state index is -0.689. The average molecular weight is 309 g/mol. The third-order valence-electron chi connectivity index (χ3n) is 2.71. The number of nitrogens with one attached hydrogen (secondary N) is 4. The van der Waals surface area contributed by atoms with Crippen LogP contribution in [0.2, 0.25) is 5.02 Å². The third-order valence-corrected chi connectivity index (χ3v) is 2.95. The van der Waals surface area contributed by atoms with Crippen molar-refractivity contribution in [1.82, 2.24) is 21.1 Å². The number of hydrogen-bond donors (Lipinski definition) is 4. The van der Waals surface area contributed by atoms with E-state index in [1.807, 2.05) is 0 Å². The van der Waals surface area contributed by atoms with Gasteiger partial charge >= 0.3 is 5.76 Å². The molecule has 1 aliphatic rings. The predicted octanol–water partition coefficient (Wildman–Crippen LogP) is 0.0856. The summed E-state index contributed by atoms with van der Waals surface area (Å²) in [4.78, 5) is 25.5. The number of amides is 1. The largest absolute Gasteiger partial charge is 0.439 e. The number of nitrogens with zero attached hydrogens (tertiary/aromatic N) is 2. The lowest BCUT2D eigenvalue weighted by Gasteiger charge is -2.09. The molecule has 1 amide bonds. The SMILES string of the molecule is O=C(Nc1cc(Cl)ccc1-c1noc(=O)[nH]1)C1=NNNC1. The van der Waals surface area contributed by atoms with Gasteiger partial charge in [-0.05, 0) is 18.2 Å². The first-order chi connectivity index (χ1) is 10.1. The normalized spacial score (nSPS) is 13.7. The molecule has 3 rings (SSSR count). The summed E-state index contributed by atoms with van der Waals surface area (Å²) in [5.41, 5.74) is 6.30. The van der Waals surface area contributed by atoms with E-state index in [1.165, 1.54) is 6.07 Å². The molecule has 0 aliphatic carbocycles. The topological polar surface area (TPSA) is 124 Å². The van der Waals surface area contributed by atoms with Gasteiger partial charge in [-0.15, -0.1) is 0 Å². The van der Waals surface area contributed by atoms with Gasteiger partial charge in [0, 0.05) is 10.6 Å². The molecule has 0 bridgehead atoms. The summed E-state index contributed by atoms with van der Waals surface area (Å²) in [6.45, 7) is 0.294. The van der Waals surface area contributed by atoms with Crippen molar-refractivity contribution in [3.8, 4) is 11.4 Å². The number of aromatic nitrogens is 2. The van der Waals surface area contributed by atoms with Crippen LogP contribution in [0.5, 0.6) is 0 Å². The molecular formula is C11H9ClN6O3. The molecule has 0 unspecified atom stereocenters. The predicted molar refractivity (Wildman–Crippen MR) is 74.8 cm³/mol. The molecule has 2 aromatic rings. The maximum absolute atomic E-state index is 12.0. The highest BCUT2D eigenvalue weighted by atomic mass is 35.5. The van der Waals surface area contributed by atoms with E-state index >= 15 is 0 Å². The molecule has 0 saturated heterocycles. The molecule has 4 N–H and O–H groups in total. The molecule has 0 spiro atoms. The quantitative estimate of drug-likeness (QED) is 0.637. The standard InChI is InChI=1S/C11H9ClN6O3/c12-5-1-2-6(9-15-11(20)21-17-9)7(3-5)14-10(19)8-4-13-18-16-8/h1-3,13,18H,4H2,(H,14,19)(H,15,17,20). The minimum absolute atomic E-state index is 0.191. The first-order valence-electron chi connectivity index (χ1n) is 5.85. The van der Waals surface area contributed by atoms with Crippen LogP contribution in [0.25, 0.3) is 11.4 Å². The van der Waals surface area contributed by atoms with Crippen molar-refractivity contribution >= 4 is 28.9 Å². The molecule has 2 heterocycles. The number of rotatable bonds is 3. The van der Waals surface area contributed by atoms with Crippen LogP contribution in [0.15, 0.2) is 32.6 Å². The van der Waals surface area contributed by atoms with E-state index in [0.717, 1.165) is 0 Å². The fourth-order valence-electron chi connectivity index (χ4n) is 1.77. The van der Waals surface area contributed by atoms with Crippen molar-refractivity contribution in [3.05, 3.63) is 33.8 Å². The highest BCUT2D eigenvalue weighted by Crippen LogP contribution is 2.28. The van der Waals surface area contributed by atoms with Crippen molar-refractivity contribution in [3.63, 3.8) is 0 Å². The molecular weight excluding hydrogens is 300 g/mol. The van der Waals surface area contributed by atoms with E-state index in [4.69, 9.17) is 11.6 Å². The van der Waals surface area contributed by atoms with Gasteiger partial charge in [0.25, 0.3) is 5.91 Å². The zero-order valence-electron chi connectivity index (χ0n) is 10.4. The van der Waals surface area contributed by atoms with Gasteiger partial charge in [0.05, 0.1) is 12.2 Å². The number of benzene rings is 1. The Kier molecular flexibility index (Phi) is 3.42. The lowest BCUT2D eigenvalue weighted by molar-refractivity contribution is -0.110. The fourth-order valence-corrected chi connectivity index (χ4v) is 1.94. The van der Waals surface area contributed by atoms with Crippen LogP contribution in [0.3, 0.4) is 0 Å². The highest BCUT2D eigenvalue weighted by molar-refractivity contribution is 6.44. The van der Waals surface area contributed by atoms with Gasteiger partial charge < -0.3 is 5.32 Å².